The highest BCUT2D eigenvalue weighted by Gasteiger charge is 2.18. The van der Waals surface area contributed by atoms with E-state index in [9.17, 15) is 13.7 Å². The summed E-state index contributed by atoms with van der Waals surface area (Å²) in [6.45, 7) is 0. The molecule has 3 rings (SSSR count). The highest BCUT2D eigenvalue weighted by Crippen LogP contribution is 2.33. The van der Waals surface area contributed by atoms with Gasteiger partial charge in [0.25, 0.3) is 10.0 Å². The van der Waals surface area contributed by atoms with Gasteiger partial charge in [0.15, 0.2) is 0 Å². The molecule has 0 atom stereocenters. The van der Waals surface area contributed by atoms with Crippen LogP contribution in [0.3, 0.4) is 0 Å². The number of anilines is 2. The molecule has 0 fully saturated rings. The molecular formula is C17H13N5O2S. The summed E-state index contributed by atoms with van der Waals surface area (Å²) in [4.78, 5) is 2.93. The number of nitriles is 2. The molecule has 3 aromatic rings. The fourth-order valence-electron chi connectivity index (χ4n) is 2.57. The van der Waals surface area contributed by atoms with Gasteiger partial charge in [0, 0.05) is 24.3 Å². The minimum atomic E-state index is -3.88. The molecule has 7 nitrogen and oxygen atoms in total. The Bertz CT molecular complexity index is 1150. The third-order valence-electron chi connectivity index (χ3n) is 3.74. The van der Waals surface area contributed by atoms with Crippen LogP contribution in [0.5, 0.6) is 0 Å². The van der Waals surface area contributed by atoms with Gasteiger partial charge in [-0.2, -0.15) is 10.5 Å². The number of aromatic amines is 1. The molecule has 25 heavy (non-hydrogen) atoms. The molecule has 0 bridgehead atoms. The first-order chi connectivity index (χ1) is 12.0. The van der Waals surface area contributed by atoms with E-state index in [1.54, 1.807) is 19.2 Å². The quantitative estimate of drug-likeness (QED) is 0.667. The van der Waals surface area contributed by atoms with Crippen LogP contribution in [-0.4, -0.2) is 20.4 Å². The first-order valence-corrected chi connectivity index (χ1v) is 8.73. The first kappa shape index (κ1) is 16.4. The summed E-state index contributed by atoms with van der Waals surface area (Å²) in [7, 11) is -2.16. The molecule has 0 unspecified atom stereocenters. The Kier molecular flexibility index (Phi) is 4.05. The van der Waals surface area contributed by atoms with E-state index < -0.39 is 10.0 Å². The van der Waals surface area contributed by atoms with E-state index in [0.717, 1.165) is 0 Å². The van der Waals surface area contributed by atoms with Gasteiger partial charge in [-0.1, -0.05) is 6.07 Å². The molecule has 0 radical (unpaired) electrons. The Morgan fingerprint density at radius 1 is 1.08 bits per heavy atom. The normalized spacial score (nSPS) is 10.8. The van der Waals surface area contributed by atoms with Crippen molar-refractivity contribution < 1.29 is 8.42 Å². The van der Waals surface area contributed by atoms with E-state index in [1.165, 1.54) is 30.5 Å². The van der Waals surface area contributed by atoms with E-state index in [1.807, 2.05) is 6.07 Å². The number of aromatic nitrogens is 1. The lowest BCUT2D eigenvalue weighted by molar-refractivity contribution is 0.601. The molecule has 1 heterocycles. The molecule has 3 N–H and O–H groups in total. The summed E-state index contributed by atoms with van der Waals surface area (Å²) in [6, 6.07) is 13.1. The maximum atomic E-state index is 12.6. The van der Waals surface area contributed by atoms with Crippen molar-refractivity contribution in [3.05, 3.63) is 53.7 Å². The fraction of sp³-hybridized carbons (Fsp3) is 0.0588. The lowest BCUT2D eigenvalue weighted by atomic mass is 10.1. The van der Waals surface area contributed by atoms with Gasteiger partial charge in [0.1, 0.15) is 6.07 Å². The highest BCUT2D eigenvalue weighted by molar-refractivity contribution is 7.92. The third kappa shape index (κ3) is 2.87. The first-order valence-electron chi connectivity index (χ1n) is 7.25. The van der Waals surface area contributed by atoms with Gasteiger partial charge in [0.05, 0.1) is 33.3 Å². The van der Waals surface area contributed by atoms with Crippen LogP contribution in [0.4, 0.5) is 11.4 Å². The molecular weight excluding hydrogens is 338 g/mol. The minimum absolute atomic E-state index is 0.00976. The zero-order valence-electron chi connectivity index (χ0n) is 13.2. The van der Waals surface area contributed by atoms with Gasteiger partial charge < -0.3 is 10.3 Å². The van der Waals surface area contributed by atoms with E-state index in [-0.39, 0.29) is 10.5 Å². The van der Waals surface area contributed by atoms with Crippen LogP contribution in [-0.2, 0) is 10.0 Å². The number of fused-ring (bicyclic) bond motifs is 1. The van der Waals surface area contributed by atoms with Crippen LogP contribution >= 0.6 is 0 Å². The molecule has 0 saturated heterocycles. The smallest absolute Gasteiger partial charge is 0.262 e. The van der Waals surface area contributed by atoms with Crippen molar-refractivity contribution in [2.45, 2.75) is 4.90 Å². The molecule has 0 spiro atoms. The van der Waals surface area contributed by atoms with Crippen LogP contribution < -0.4 is 10.0 Å². The van der Waals surface area contributed by atoms with Crippen molar-refractivity contribution in [2.24, 2.45) is 0 Å². The molecule has 0 saturated carbocycles. The van der Waals surface area contributed by atoms with E-state index in [2.05, 4.69) is 21.1 Å². The van der Waals surface area contributed by atoms with Crippen LogP contribution in [0.1, 0.15) is 11.1 Å². The summed E-state index contributed by atoms with van der Waals surface area (Å²) in [5.74, 6) is 0. The Morgan fingerprint density at radius 2 is 1.84 bits per heavy atom. The third-order valence-corrected chi connectivity index (χ3v) is 5.11. The predicted octanol–water partition coefficient (Wildman–Crippen LogP) is 2.75. The Morgan fingerprint density at radius 3 is 2.52 bits per heavy atom. The number of nitrogens with one attached hydrogen (secondary N) is 3. The van der Waals surface area contributed by atoms with Crippen molar-refractivity contribution in [2.75, 3.05) is 17.1 Å². The van der Waals surface area contributed by atoms with Gasteiger partial charge in [-0.05, 0) is 30.3 Å². The van der Waals surface area contributed by atoms with Crippen LogP contribution in [0.15, 0.2) is 47.5 Å². The van der Waals surface area contributed by atoms with Crippen molar-refractivity contribution in [3.63, 3.8) is 0 Å². The van der Waals surface area contributed by atoms with Gasteiger partial charge in [-0.15, -0.1) is 0 Å². The van der Waals surface area contributed by atoms with Crippen LogP contribution in [0, 0.1) is 22.7 Å². The Balaban J connectivity index is 2.11. The number of H-pyrrole nitrogens is 1. The monoisotopic (exact) mass is 351 g/mol. The molecule has 0 aliphatic carbocycles. The summed E-state index contributed by atoms with van der Waals surface area (Å²) >= 11 is 0. The lowest BCUT2D eigenvalue weighted by Gasteiger charge is -2.11. The zero-order chi connectivity index (χ0) is 18.0. The Labute approximate surface area is 144 Å². The summed E-state index contributed by atoms with van der Waals surface area (Å²) < 4.78 is 27.8. The van der Waals surface area contributed by atoms with Crippen molar-refractivity contribution in [3.8, 4) is 12.1 Å². The zero-order valence-corrected chi connectivity index (χ0v) is 14.0. The Hall–Kier alpha value is -3.49. The fourth-order valence-corrected chi connectivity index (χ4v) is 3.68. The SMILES string of the molecule is CNc1ccc(NS(=O)(=O)c2cccc(C#N)c2)c2[nH]cc(C#N)c12. The largest absolute Gasteiger partial charge is 0.388 e. The van der Waals surface area contributed by atoms with Crippen molar-refractivity contribution in [1.82, 2.24) is 4.98 Å². The number of sulfonamides is 1. The van der Waals surface area contributed by atoms with E-state index in [0.29, 0.717) is 27.8 Å². The molecule has 0 amide bonds. The molecule has 0 aliphatic heterocycles. The van der Waals surface area contributed by atoms with E-state index >= 15 is 0 Å². The summed E-state index contributed by atoms with van der Waals surface area (Å²) in [6.07, 6.45) is 1.53. The molecule has 124 valence electrons. The number of benzene rings is 2. The van der Waals surface area contributed by atoms with Gasteiger partial charge in [-0.25, -0.2) is 8.42 Å². The minimum Gasteiger partial charge on any atom is -0.388 e. The standard InChI is InChI=1S/C17H13N5O2S/c1-20-14-5-6-15(17-16(14)12(9-19)10-21-17)22-25(23,24)13-4-2-3-11(7-13)8-18/h2-7,10,20-22H,1H3. The number of hydrogen-bond acceptors (Lipinski definition) is 5. The molecule has 1 aromatic heterocycles. The van der Waals surface area contributed by atoms with Gasteiger partial charge in [0.2, 0.25) is 0 Å². The average Bonchev–Trinajstić information content (AvgIpc) is 3.06. The number of nitrogens with zero attached hydrogens (tertiary/aromatic N) is 2. The highest BCUT2D eigenvalue weighted by atomic mass is 32.2. The van der Waals surface area contributed by atoms with E-state index in [4.69, 9.17) is 5.26 Å². The second kappa shape index (κ2) is 6.19. The maximum Gasteiger partial charge on any atom is 0.262 e. The summed E-state index contributed by atoms with van der Waals surface area (Å²) in [5.41, 5.74) is 2.19. The molecule has 8 heteroatoms. The van der Waals surface area contributed by atoms with Crippen LogP contribution in [0.2, 0.25) is 0 Å². The lowest BCUT2D eigenvalue weighted by Crippen LogP contribution is -2.13. The average molecular weight is 351 g/mol. The van der Waals surface area contributed by atoms with Gasteiger partial charge in [-0.3, -0.25) is 4.72 Å². The summed E-state index contributed by atoms with van der Waals surface area (Å²) in [5, 5.41) is 21.8. The topological polar surface area (TPSA) is 122 Å². The maximum absolute atomic E-state index is 12.6. The number of rotatable bonds is 4. The second-order valence-corrected chi connectivity index (χ2v) is 6.90. The van der Waals surface area contributed by atoms with Crippen LogP contribution in [0.25, 0.3) is 10.9 Å². The predicted molar refractivity (Wildman–Crippen MR) is 94.5 cm³/mol. The second-order valence-electron chi connectivity index (χ2n) is 5.22. The van der Waals surface area contributed by atoms with Crippen molar-refractivity contribution >= 4 is 32.3 Å². The number of hydrogen-bond donors (Lipinski definition) is 3. The molecule has 2 aromatic carbocycles. The van der Waals surface area contributed by atoms with Crippen molar-refractivity contribution in [1.29, 1.82) is 10.5 Å². The molecule has 0 aliphatic rings. The van der Waals surface area contributed by atoms with Gasteiger partial charge >= 0.3 is 0 Å².